The summed E-state index contributed by atoms with van der Waals surface area (Å²) in [6.07, 6.45) is 0.916. The first-order chi connectivity index (χ1) is 13.1. The summed E-state index contributed by atoms with van der Waals surface area (Å²) in [6.45, 7) is 9.36. The lowest BCUT2D eigenvalue weighted by atomic mass is 10.3. The number of benzene rings is 1. The van der Waals surface area contributed by atoms with E-state index in [0.29, 0.717) is 28.2 Å². The van der Waals surface area contributed by atoms with Crippen molar-refractivity contribution >= 4 is 23.2 Å². The Morgan fingerprint density at radius 1 is 1.04 bits per heavy atom. The quantitative estimate of drug-likeness (QED) is 0.656. The Kier molecular flexibility index (Phi) is 7.13. The minimum atomic E-state index is -0.255. The van der Waals surface area contributed by atoms with Gasteiger partial charge in [0.2, 0.25) is 5.88 Å². The van der Waals surface area contributed by atoms with Crippen LogP contribution in [0.3, 0.4) is 0 Å². The second kappa shape index (κ2) is 9.55. The van der Waals surface area contributed by atoms with Crippen LogP contribution in [-0.2, 0) is 0 Å². The van der Waals surface area contributed by atoms with E-state index in [1.165, 1.54) is 10.7 Å². The van der Waals surface area contributed by atoms with Crippen molar-refractivity contribution in [2.24, 2.45) is 0 Å². The highest BCUT2D eigenvalue weighted by Gasteiger charge is 2.14. The van der Waals surface area contributed by atoms with E-state index in [1.54, 1.807) is 24.3 Å². The van der Waals surface area contributed by atoms with Crippen LogP contribution < -0.4 is 10.3 Å². The first kappa shape index (κ1) is 20.1. The molecule has 0 bridgehead atoms. The predicted molar refractivity (Wildman–Crippen MR) is 109 cm³/mol. The Balaban J connectivity index is 1.54. The second-order valence-corrected chi connectivity index (χ2v) is 7.31. The average Bonchev–Trinajstić information content (AvgIpc) is 2.69. The van der Waals surface area contributed by atoms with E-state index < -0.39 is 0 Å². The zero-order valence-electron chi connectivity index (χ0n) is 15.4. The first-order valence-corrected chi connectivity index (χ1v) is 9.95. The highest BCUT2D eigenvalue weighted by atomic mass is 35.5. The number of aromatic nitrogens is 2. The van der Waals surface area contributed by atoms with Crippen molar-refractivity contribution in [2.45, 2.75) is 13.3 Å². The van der Waals surface area contributed by atoms with Gasteiger partial charge in [-0.25, -0.2) is 0 Å². The molecule has 0 atom stereocenters. The summed E-state index contributed by atoms with van der Waals surface area (Å²) < 4.78 is 7.01. The minimum absolute atomic E-state index is 0.255. The highest BCUT2D eigenvalue weighted by molar-refractivity contribution is 6.42. The standard InChI is InChI=1S/C19H24Cl2N4O2/c1-2-23-9-11-24(12-10-23)8-3-13-27-18-6-7-19(26)25(22-18)15-4-5-16(20)17(21)14-15/h4-7,14H,2-3,8-13H2,1H3. The lowest BCUT2D eigenvalue weighted by Gasteiger charge is -2.33. The maximum atomic E-state index is 12.1. The number of nitrogens with zero attached hydrogens (tertiary/aromatic N) is 4. The molecular weight excluding hydrogens is 387 g/mol. The van der Waals surface area contributed by atoms with Gasteiger partial charge in [0, 0.05) is 44.9 Å². The monoisotopic (exact) mass is 410 g/mol. The van der Waals surface area contributed by atoms with Crippen molar-refractivity contribution in [3.63, 3.8) is 0 Å². The van der Waals surface area contributed by atoms with Gasteiger partial charge in [-0.1, -0.05) is 30.1 Å². The fourth-order valence-corrected chi connectivity index (χ4v) is 3.36. The molecule has 0 amide bonds. The zero-order chi connectivity index (χ0) is 19.2. The highest BCUT2D eigenvalue weighted by Crippen LogP contribution is 2.23. The molecule has 2 heterocycles. The predicted octanol–water partition coefficient (Wildman–Crippen LogP) is 2.95. The molecular formula is C19H24Cl2N4O2. The number of ether oxygens (including phenoxy) is 1. The third kappa shape index (κ3) is 5.45. The van der Waals surface area contributed by atoms with E-state index >= 15 is 0 Å². The van der Waals surface area contributed by atoms with Crippen LogP contribution in [0, 0.1) is 0 Å². The van der Waals surface area contributed by atoms with Gasteiger partial charge in [0.05, 0.1) is 22.3 Å². The molecule has 146 valence electrons. The lowest BCUT2D eigenvalue weighted by Crippen LogP contribution is -2.46. The van der Waals surface area contributed by atoms with Gasteiger partial charge >= 0.3 is 0 Å². The molecule has 3 rings (SSSR count). The van der Waals surface area contributed by atoms with Crippen LogP contribution in [0.5, 0.6) is 5.88 Å². The zero-order valence-corrected chi connectivity index (χ0v) is 16.9. The Hall–Kier alpha value is -1.60. The summed E-state index contributed by atoms with van der Waals surface area (Å²) >= 11 is 12.0. The lowest BCUT2D eigenvalue weighted by molar-refractivity contribution is 0.130. The Morgan fingerprint density at radius 3 is 2.48 bits per heavy atom. The van der Waals surface area contributed by atoms with Crippen molar-refractivity contribution in [3.05, 3.63) is 50.7 Å². The van der Waals surface area contributed by atoms with Crippen molar-refractivity contribution in [2.75, 3.05) is 45.9 Å². The molecule has 8 heteroatoms. The summed E-state index contributed by atoms with van der Waals surface area (Å²) in [5.41, 5.74) is 0.295. The van der Waals surface area contributed by atoms with Crippen LogP contribution in [0.4, 0.5) is 0 Å². The molecule has 1 aromatic heterocycles. The van der Waals surface area contributed by atoms with Crippen molar-refractivity contribution in [3.8, 4) is 11.6 Å². The van der Waals surface area contributed by atoms with E-state index in [1.807, 2.05) is 0 Å². The average molecular weight is 411 g/mol. The van der Waals surface area contributed by atoms with E-state index in [2.05, 4.69) is 21.8 Å². The molecule has 2 aromatic rings. The van der Waals surface area contributed by atoms with Gasteiger partial charge in [0.15, 0.2) is 0 Å². The molecule has 1 aliphatic rings. The maximum absolute atomic E-state index is 12.1. The van der Waals surface area contributed by atoms with E-state index in [0.717, 1.165) is 45.7 Å². The molecule has 27 heavy (non-hydrogen) atoms. The van der Waals surface area contributed by atoms with Gasteiger partial charge in [0.25, 0.3) is 5.56 Å². The number of hydrogen-bond acceptors (Lipinski definition) is 5. The molecule has 0 N–H and O–H groups in total. The maximum Gasteiger partial charge on any atom is 0.271 e. The van der Waals surface area contributed by atoms with Gasteiger partial charge in [-0.3, -0.25) is 4.79 Å². The van der Waals surface area contributed by atoms with Crippen LogP contribution in [-0.4, -0.2) is 65.5 Å². The normalized spacial score (nSPS) is 15.8. The fourth-order valence-electron chi connectivity index (χ4n) is 3.07. The summed E-state index contributed by atoms with van der Waals surface area (Å²) in [5, 5.41) is 5.08. The summed E-state index contributed by atoms with van der Waals surface area (Å²) in [6, 6.07) is 7.98. The Labute approximate surface area is 169 Å². The van der Waals surface area contributed by atoms with E-state index in [4.69, 9.17) is 27.9 Å². The van der Waals surface area contributed by atoms with Crippen LogP contribution in [0.2, 0.25) is 10.0 Å². The SMILES string of the molecule is CCN1CCN(CCCOc2ccc(=O)n(-c3ccc(Cl)c(Cl)c3)n2)CC1. The summed E-state index contributed by atoms with van der Waals surface area (Å²) in [7, 11) is 0. The van der Waals surface area contributed by atoms with Gasteiger partial charge in [-0.15, -0.1) is 5.10 Å². The minimum Gasteiger partial charge on any atom is -0.477 e. The molecule has 6 nitrogen and oxygen atoms in total. The molecule has 1 saturated heterocycles. The third-order valence-electron chi connectivity index (χ3n) is 4.70. The van der Waals surface area contributed by atoms with Crippen molar-refractivity contribution in [1.29, 1.82) is 0 Å². The van der Waals surface area contributed by atoms with Crippen molar-refractivity contribution in [1.82, 2.24) is 19.6 Å². The molecule has 0 aliphatic carbocycles. The number of halogens is 2. The van der Waals surface area contributed by atoms with E-state index in [-0.39, 0.29) is 5.56 Å². The molecule has 1 aliphatic heterocycles. The number of likely N-dealkylation sites (N-methyl/N-ethyl adjacent to an activating group) is 1. The largest absolute Gasteiger partial charge is 0.477 e. The van der Waals surface area contributed by atoms with E-state index in [9.17, 15) is 4.79 Å². The van der Waals surface area contributed by atoms with Crippen LogP contribution >= 0.6 is 23.2 Å². The molecule has 0 unspecified atom stereocenters. The summed E-state index contributed by atoms with van der Waals surface area (Å²) in [4.78, 5) is 17.0. The molecule has 0 saturated carbocycles. The first-order valence-electron chi connectivity index (χ1n) is 9.20. The third-order valence-corrected chi connectivity index (χ3v) is 5.44. The molecule has 0 spiro atoms. The van der Waals surface area contributed by atoms with Crippen LogP contribution in [0.15, 0.2) is 35.1 Å². The van der Waals surface area contributed by atoms with Crippen molar-refractivity contribution < 1.29 is 4.74 Å². The Morgan fingerprint density at radius 2 is 1.78 bits per heavy atom. The summed E-state index contributed by atoms with van der Waals surface area (Å²) in [5.74, 6) is 0.413. The molecule has 1 aromatic carbocycles. The van der Waals surface area contributed by atoms with Gasteiger partial charge in [0.1, 0.15) is 0 Å². The number of rotatable bonds is 7. The van der Waals surface area contributed by atoms with Crippen LogP contribution in [0.25, 0.3) is 5.69 Å². The van der Waals surface area contributed by atoms with Gasteiger partial charge < -0.3 is 14.5 Å². The van der Waals surface area contributed by atoms with Gasteiger partial charge in [-0.05, 0) is 31.2 Å². The number of piperazine rings is 1. The smallest absolute Gasteiger partial charge is 0.271 e. The van der Waals surface area contributed by atoms with Gasteiger partial charge in [-0.2, -0.15) is 4.68 Å². The molecule has 1 fully saturated rings. The fraction of sp³-hybridized carbons (Fsp3) is 0.474. The topological polar surface area (TPSA) is 50.6 Å². The second-order valence-electron chi connectivity index (χ2n) is 6.50. The van der Waals surface area contributed by atoms with Crippen LogP contribution in [0.1, 0.15) is 13.3 Å². The number of hydrogen-bond donors (Lipinski definition) is 0. The molecule has 0 radical (unpaired) electrons. The Bertz CT molecular complexity index is 820.